The van der Waals surface area contributed by atoms with Gasteiger partial charge in [-0.3, -0.25) is 0 Å². The molecule has 0 heterocycles. The Morgan fingerprint density at radius 1 is 1.38 bits per heavy atom. The number of ether oxygens (including phenoxy) is 1. The summed E-state index contributed by atoms with van der Waals surface area (Å²) >= 11 is 0. The first kappa shape index (κ1) is 10.1. The maximum Gasteiger partial charge on any atom is 0.122 e. The van der Waals surface area contributed by atoms with Gasteiger partial charge in [-0.15, -0.1) is 0 Å². The predicted molar refractivity (Wildman–Crippen MR) is 55.1 cm³/mol. The van der Waals surface area contributed by atoms with Gasteiger partial charge in [0, 0.05) is 6.04 Å². The van der Waals surface area contributed by atoms with Crippen molar-refractivity contribution in [2.75, 3.05) is 6.61 Å². The maximum absolute atomic E-state index is 5.60. The average molecular weight is 179 g/mol. The van der Waals surface area contributed by atoms with Gasteiger partial charge in [0.25, 0.3) is 0 Å². The van der Waals surface area contributed by atoms with E-state index in [1.807, 2.05) is 19.1 Å². The highest BCUT2D eigenvalue weighted by Gasteiger charge is 2.02. The van der Waals surface area contributed by atoms with E-state index < -0.39 is 0 Å². The van der Waals surface area contributed by atoms with Crippen LogP contribution in [-0.4, -0.2) is 12.6 Å². The molecule has 2 N–H and O–H groups in total. The van der Waals surface area contributed by atoms with E-state index in [9.17, 15) is 0 Å². The summed E-state index contributed by atoms with van der Waals surface area (Å²) in [6, 6.07) is 6.14. The topological polar surface area (TPSA) is 35.2 Å². The van der Waals surface area contributed by atoms with Gasteiger partial charge in [-0.25, -0.2) is 0 Å². The fourth-order valence-corrected chi connectivity index (χ4v) is 1.10. The first-order chi connectivity index (χ1) is 6.11. The molecular weight excluding hydrogens is 162 g/mol. The van der Waals surface area contributed by atoms with Gasteiger partial charge >= 0.3 is 0 Å². The number of hydrogen-bond acceptors (Lipinski definition) is 2. The Morgan fingerprint density at radius 3 is 2.69 bits per heavy atom. The number of hydrogen-bond donors (Lipinski definition) is 1. The number of benzene rings is 1. The predicted octanol–water partition coefficient (Wildman–Crippen LogP) is 2.03. The second kappa shape index (κ2) is 4.28. The Labute approximate surface area is 79.7 Å². The van der Waals surface area contributed by atoms with Gasteiger partial charge in [0.1, 0.15) is 12.4 Å². The highest BCUT2D eigenvalue weighted by molar-refractivity contribution is 5.38. The molecule has 0 aliphatic carbocycles. The molecule has 13 heavy (non-hydrogen) atoms. The van der Waals surface area contributed by atoms with Gasteiger partial charge in [-0.05, 0) is 38.0 Å². The zero-order valence-electron chi connectivity index (χ0n) is 8.50. The minimum atomic E-state index is 0.0833. The zero-order chi connectivity index (χ0) is 9.84. The van der Waals surface area contributed by atoms with Gasteiger partial charge in [0.05, 0.1) is 0 Å². The Kier molecular flexibility index (Phi) is 3.32. The SMILES string of the molecule is Cc1cccc(OC[C@H](C)N)c1C. The molecule has 0 saturated carbocycles. The van der Waals surface area contributed by atoms with Crippen LogP contribution in [0.2, 0.25) is 0 Å². The van der Waals surface area contributed by atoms with E-state index in [2.05, 4.69) is 19.9 Å². The molecule has 0 aromatic heterocycles. The molecule has 1 rings (SSSR count). The molecule has 0 amide bonds. The van der Waals surface area contributed by atoms with Crippen molar-refractivity contribution in [2.24, 2.45) is 5.73 Å². The third kappa shape index (κ3) is 2.74. The number of nitrogens with two attached hydrogens (primary N) is 1. The molecule has 1 atom stereocenters. The van der Waals surface area contributed by atoms with Gasteiger partial charge in [-0.2, -0.15) is 0 Å². The summed E-state index contributed by atoms with van der Waals surface area (Å²) in [6.45, 7) is 6.65. The monoisotopic (exact) mass is 179 g/mol. The van der Waals surface area contributed by atoms with Crippen LogP contribution in [0.1, 0.15) is 18.1 Å². The molecule has 1 aromatic carbocycles. The van der Waals surface area contributed by atoms with E-state index in [4.69, 9.17) is 10.5 Å². The first-order valence-electron chi connectivity index (χ1n) is 4.56. The summed E-state index contributed by atoms with van der Waals surface area (Å²) in [6.07, 6.45) is 0. The summed E-state index contributed by atoms with van der Waals surface area (Å²) in [5, 5.41) is 0. The largest absolute Gasteiger partial charge is 0.492 e. The second-order valence-electron chi connectivity index (χ2n) is 3.49. The molecule has 0 aliphatic rings. The molecule has 0 radical (unpaired) electrons. The molecule has 0 bridgehead atoms. The highest BCUT2D eigenvalue weighted by Crippen LogP contribution is 2.20. The van der Waals surface area contributed by atoms with Crippen molar-refractivity contribution < 1.29 is 4.74 Å². The van der Waals surface area contributed by atoms with E-state index in [-0.39, 0.29) is 6.04 Å². The molecule has 0 aliphatic heterocycles. The molecule has 2 nitrogen and oxygen atoms in total. The van der Waals surface area contributed by atoms with Crippen molar-refractivity contribution in [3.63, 3.8) is 0 Å². The molecule has 0 spiro atoms. The Balaban J connectivity index is 2.71. The fraction of sp³-hybridized carbons (Fsp3) is 0.455. The van der Waals surface area contributed by atoms with Gasteiger partial charge < -0.3 is 10.5 Å². The quantitative estimate of drug-likeness (QED) is 0.770. The summed E-state index contributed by atoms with van der Waals surface area (Å²) in [4.78, 5) is 0. The summed E-state index contributed by atoms with van der Waals surface area (Å²) in [7, 11) is 0. The van der Waals surface area contributed by atoms with Gasteiger partial charge in [0.2, 0.25) is 0 Å². The minimum Gasteiger partial charge on any atom is -0.492 e. The third-order valence-electron chi connectivity index (χ3n) is 2.06. The van der Waals surface area contributed by atoms with Gasteiger partial charge in [-0.1, -0.05) is 12.1 Å². The molecule has 0 fully saturated rings. The van der Waals surface area contributed by atoms with Crippen LogP contribution in [0.4, 0.5) is 0 Å². The highest BCUT2D eigenvalue weighted by atomic mass is 16.5. The van der Waals surface area contributed by atoms with Crippen molar-refractivity contribution in [2.45, 2.75) is 26.8 Å². The zero-order valence-corrected chi connectivity index (χ0v) is 8.50. The van der Waals surface area contributed by atoms with E-state index in [0.29, 0.717) is 6.61 Å². The van der Waals surface area contributed by atoms with Crippen LogP contribution in [0, 0.1) is 13.8 Å². The van der Waals surface area contributed by atoms with Gasteiger partial charge in [0.15, 0.2) is 0 Å². The average Bonchev–Trinajstić information content (AvgIpc) is 2.07. The second-order valence-corrected chi connectivity index (χ2v) is 3.49. The Morgan fingerprint density at radius 2 is 2.08 bits per heavy atom. The number of rotatable bonds is 3. The van der Waals surface area contributed by atoms with Crippen molar-refractivity contribution in [3.05, 3.63) is 29.3 Å². The van der Waals surface area contributed by atoms with Crippen LogP contribution in [0.5, 0.6) is 5.75 Å². The Hall–Kier alpha value is -1.02. The first-order valence-corrected chi connectivity index (χ1v) is 4.56. The molecule has 0 saturated heterocycles. The minimum absolute atomic E-state index is 0.0833. The lowest BCUT2D eigenvalue weighted by Gasteiger charge is -2.12. The van der Waals surface area contributed by atoms with E-state index in [1.54, 1.807) is 0 Å². The molecular formula is C11H17NO. The normalized spacial score (nSPS) is 12.6. The molecule has 2 heteroatoms. The lowest BCUT2D eigenvalue weighted by atomic mass is 10.1. The Bertz CT molecular complexity index is 281. The van der Waals surface area contributed by atoms with Crippen LogP contribution < -0.4 is 10.5 Å². The third-order valence-corrected chi connectivity index (χ3v) is 2.06. The number of aryl methyl sites for hydroxylation is 1. The standard InChI is InChI=1S/C11H17NO/c1-8-5-4-6-11(10(8)3)13-7-9(2)12/h4-6,9H,7,12H2,1-3H3/t9-/m0/s1. The van der Waals surface area contributed by atoms with E-state index in [0.717, 1.165) is 5.75 Å². The lowest BCUT2D eigenvalue weighted by molar-refractivity contribution is 0.294. The summed E-state index contributed by atoms with van der Waals surface area (Å²) in [5.41, 5.74) is 8.05. The smallest absolute Gasteiger partial charge is 0.122 e. The summed E-state index contributed by atoms with van der Waals surface area (Å²) in [5.74, 6) is 0.942. The van der Waals surface area contributed by atoms with E-state index in [1.165, 1.54) is 11.1 Å². The van der Waals surface area contributed by atoms with Crippen LogP contribution in [-0.2, 0) is 0 Å². The molecule has 0 unspecified atom stereocenters. The fourth-order valence-electron chi connectivity index (χ4n) is 1.10. The summed E-state index contributed by atoms with van der Waals surface area (Å²) < 4.78 is 5.55. The van der Waals surface area contributed by atoms with Crippen LogP contribution >= 0.6 is 0 Å². The van der Waals surface area contributed by atoms with Crippen LogP contribution in [0.15, 0.2) is 18.2 Å². The van der Waals surface area contributed by atoms with Crippen LogP contribution in [0.3, 0.4) is 0 Å². The molecule has 72 valence electrons. The van der Waals surface area contributed by atoms with Crippen molar-refractivity contribution in [3.8, 4) is 5.75 Å². The maximum atomic E-state index is 5.60. The molecule has 1 aromatic rings. The van der Waals surface area contributed by atoms with Crippen molar-refractivity contribution in [1.82, 2.24) is 0 Å². The lowest BCUT2D eigenvalue weighted by Crippen LogP contribution is -2.23. The van der Waals surface area contributed by atoms with Crippen LogP contribution in [0.25, 0.3) is 0 Å². The van der Waals surface area contributed by atoms with Crippen molar-refractivity contribution >= 4 is 0 Å². The van der Waals surface area contributed by atoms with E-state index >= 15 is 0 Å². The van der Waals surface area contributed by atoms with Crippen molar-refractivity contribution in [1.29, 1.82) is 0 Å².